The van der Waals surface area contributed by atoms with Gasteiger partial charge in [-0.3, -0.25) is 9.48 Å². The molecule has 11 nitrogen and oxygen atoms in total. The predicted octanol–water partition coefficient (Wildman–Crippen LogP) is 2.23. The van der Waals surface area contributed by atoms with Gasteiger partial charge in [-0.2, -0.15) is 5.26 Å². The SMILES string of the molecule is N#Cc1ccc(C2CC2)c(-c2cnc(C(=O)N[C@@H]3C[C@@H](Cn4ccnn4)N(C(=O)O)C3)o2)c1. The first-order valence-electron chi connectivity index (χ1n) is 10.7. The van der Waals surface area contributed by atoms with Gasteiger partial charge in [-0.05, 0) is 42.9 Å². The lowest BCUT2D eigenvalue weighted by atomic mass is 9.99. The Morgan fingerprint density at radius 1 is 1.33 bits per heavy atom. The number of carbonyl (C=O) groups excluding carboxylic acids is 1. The molecule has 0 radical (unpaired) electrons. The number of carboxylic acid groups (broad SMARTS) is 1. The second-order valence-corrected chi connectivity index (χ2v) is 8.34. The van der Waals surface area contributed by atoms with Crippen LogP contribution in [0.4, 0.5) is 4.79 Å². The zero-order valence-electron chi connectivity index (χ0n) is 17.6. The van der Waals surface area contributed by atoms with Gasteiger partial charge in [0.1, 0.15) is 0 Å². The third-order valence-corrected chi connectivity index (χ3v) is 6.03. The maximum absolute atomic E-state index is 12.8. The molecule has 0 spiro atoms. The van der Waals surface area contributed by atoms with E-state index in [0.717, 1.165) is 24.0 Å². The van der Waals surface area contributed by atoms with Gasteiger partial charge in [-0.25, -0.2) is 9.78 Å². The Balaban J connectivity index is 1.30. The third-order valence-electron chi connectivity index (χ3n) is 6.03. The third kappa shape index (κ3) is 4.27. The maximum atomic E-state index is 12.8. The Hall–Kier alpha value is -4.20. The molecule has 3 aromatic rings. The molecule has 11 heteroatoms. The Labute approximate surface area is 188 Å². The van der Waals surface area contributed by atoms with Gasteiger partial charge in [-0.15, -0.1) is 5.10 Å². The summed E-state index contributed by atoms with van der Waals surface area (Å²) in [6.07, 6.45) is 6.22. The fourth-order valence-corrected chi connectivity index (χ4v) is 4.31. The highest BCUT2D eigenvalue weighted by Gasteiger charge is 2.37. The minimum atomic E-state index is -1.06. The molecule has 0 bridgehead atoms. The average Bonchev–Trinajstić information content (AvgIpc) is 3.18. The van der Waals surface area contributed by atoms with E-state index in [1.165, 1.54) is 17.3 Å². The smallest absolute Gasteiger partial charge is 0.407 e. The van der Waals surface area contributed by atoms with E-state index in [1.54, 1.807) is 23.0 Å². The second kappa shape index (κ2) is 8.38. The van der Waals surface area contributed by atoms with Crippen LogP contribution in [0.5, 0.6) is 0 Å². The molecule has 0 unspecified atom stereocenters. The lowest BCUT2D eigenvalue weighted by Crippen LogP contribution is -2.39. The number of aromatic nitrogens is 4. The number of nitriles is 1. The summed E-state index contributed by atoms with van der Waals surface area (Å²) in [5.74, 6) is 0.248. The molecule has 2 aliphatic rings. The molecule has 168 valence electrons. The van der Waals surface area contributed by atoms with Crippen LogP contribution < -0.4 is 5.32 Å². The van der Waals surface area contributed by atoms with Crippen molar-refractivity contribution in [3.63, 3.8) is 0 Å². The van der Waals surface area contributed by atoms with E-state index >= 15 is 0 Å². The lowest BCUT2D eigenvalue weighted by Gasteiger charge is -2.20. The maximum Gasteiger partial charge on any atom is 0.407 e. The van der Waals surface area contributed by atoms with E-state index in [0.29, 0.717) is 30.2 Å². The van der Waals surface area contributed by atoms with Gasteiger partial charge < -0.3 is 19.7 Å². The van der Waals surface area contributed by atoms with Crippen LogP contribution in [0.2, 0.25) is 0 Å². The minimum absolute atomic E-state index is 0.101. The number of oxazole rings is 1. The number of likely N-dealkylation sites (tertiary alicyclic amines) is 1. The largest absolute Gasteiger partial charge is 0.465 e. The van der Waals surface area contributed by atoms with Crippen molar-refractivity contribution in [2.24, 2.45) is 0 Å². The molecule has 1 saturated heterocycles. The fraction of sp³-hybridized carbons (Fsp3) is 0.364. The van der Waals surface area contributed by atoms with Gasteiger partial charge >= 0.3 is 12.0 Å². The number of rotatable bonds is 6. The van der Waals surface area contributed by atoms with Gasteiger partial charge in [0, 0.05) is 24.3 Å². The summed E-state index contributed by atoms with van der Waals surface area (Å²) in [7, 11) is 0. The van der Waals surface area contributed by atoms with E-state index < -0.39 is 12.0 Å². The molecule has 1 aliphatic carbocycles. The zero-order chi connectivity index (χ0) is 22.9. The minimum Gasteiger partial charge on any atom is -0.465 e. The van der Waals surface area contributed by atoms with Gasteiger partial charge in [0.05, 0.1) is 36.6 Å². The predicted molar refractivity (Wildman–Crippen MR) is 113 cm³/mol. The first kappa shape index (κ1) is 20.7. The summed E-state index contributed by atoms with van der Waals surface area (Å²) in [5.41, 5.74) is 2.37. The van der Waals surface area contributed by atoms with Crippen LogP contribution in [0.25, 0.3) is 11.3 Å². The second-order valence-electron chi connectivity index (χ2n) is 8.34. The van der Waals surface area contributed by atoms with Gasteiger partial charge in [0.15, 0.2) is 5.76 Å². The van der Waals surface area contributed by atoms with Crippen LogP contribution in [0.1, 0.15) is 47.0 Å². The first-order valence-corrected chi connectivity index (χ1v) is 10.7. The highest BCUT2D eigenvalue weighted by molar-refractivity contribution is 5.90. The molecule has 2 amide bonds. The Morgan fingerprint density at radius 3 is 2.88 bits per heavy atom. The average molecular weight is 447 g/mol. The molecule has 2 atom stereocenters. The Morgan fingerprint density at radius 2 is 2.18 bits per heavy atom. The Kier molecular flexibility index (Phi) is 5.26. The number of hydrogen-bond acceptors (Lipinski definition) is 7. The quantitative estimate of drug-likeness (QED) is 0.584. The molecule has 1 aromatic carbocycles. The molecular formula is C22H21N7O4. The van der Waals surface area contributed by atoms with E-state index in [-0.39, 0.29) is 24.5 Å². The normalized spacial score (nSPS) is 19.9. The van der Waals surface area contributed by atoms with Crippen LogP contribution in [0.3, 0.4) is 0 Å². The van der Waals surface area contributed by atoms with Crippen LogP contribution in [-0.4, -0.2) is 60.6 Å². The van der Waals surface area contributed by atoms with Crippen molar-refractivity contribution < 1.29 is 19.1 Å². The summed E-state index contributed by atoms with van der Waals surface area (Å²) in [6, 6.07) is 6.87. The number of nitrogens with zero attached hydrogens (tertiary/aromatic N) is 6. The van der Waals surface area contributed by atoms with Crippen LogP contribution >= 0.6 is 0 Å². The molecule has 5 rings (SSSR count). The summed E-state index contributed by atoms with van der Waals surface area (Å²) in [5, 5.41) is 29.3. The molecule has 2 N–H and O–H groups in total. The van der Waals surface area contributed by atoms with Gasteiger partial charge in [-0.1, -0.05) is 11.3 Å². The molecule has 2 fully saturated rings. The highest BCUT2D eigenvalue weighted by Crippen LogP contribution is 2.44. The zero-order valence-corrected chi connectivity index (χ0v) is 17.6. The van der Waals surface area contributed by atoms with Gasteiger partial charge in [0.2, 0.25) is 0 Å². The number of nitrogens with one attached hydrogen (secondary N) is 1. The van der Waals surface area contributed by atoms with Crippen LogP contribution in [0.15, 0.2) is 41.2 Å². The van der Waals surface area contributed by atoms with Crippen molar-refractivity contribution in [3.05, 3.63) is 53.8 Å². The van der Waals surface area contributed by atoms with Crippen molar-refractivity contribution in [3.8, 4) is 17.4 Å². The summed E-state index contributed by atoms with van der Waals surface area (Å²) in [6.45, 7) is 0.505. The first-order chi connectivity index (χ1) is 16.0. The molecule has 1 aliphatic heterocycles. The molecule has 2 aromatic heterocycles. The number of carbonyl (C=O) groups is 2. The molecule has 33 heavy (non-hydrogen) atoms. The van der Waals surface area contributed by atoms with E-state index in [4.69, 9.17) is 4.42 Å². The summed E-state index contributed by atoms with van der Waals surface area (Å²) in [4.78, 5) is 29.9. The van der Waals surface area contributed by atoms with Crippen molar-refractivity contribution >= 4 is 12.0 Å². The van der Waals surface area contributed by atoms with Crippen molar-refractivity contribution in [2.75, 3.05) is 6.54 Å². The Bertz CT molecular complexity index is 1230. The number of hydrogen-bond donors (Lipinski definition) is 2. The molecule has 3 heterocycles. The fourth-order valence-electron chi connectivity index (χ4n) is 4.31. The summed E-state index contributed by atoms with van der Waals surface area (Å²) < 4.78 is 7.33. The topological polar surface area (TPSA) is 150 Å². The summed E-state index contributed by atoms with van der Waals surface area (Å²) >= 11 is 0. The lowest BCUT2D eigenvalue weighted by molar-refractivity contribution is 0.0901. The van der Waals surface area contributed by atoms with Crippen LogP contribution in [-0.2, 0) is 6.54 Å². The van der Waals surface area contributed by atoms with Crippen molar-refractivity contribution in [1.82, 2.24) is 30.2 Å². The van der Waals surface area contributed by atoms with Crippen molar-refractivity contribution in [2.45, 2.75) is 43.8 Å². The number of benzene rings is 1. The van der Waals surface area contributed by atoms with E-state index in [9.17, 15) is 20.0 Å². The van der Waals surface area contributed by atoms with Crippen molar-refractivity contribution in [1.29, 1.82) is 5.26 Å². The molecular weight excluding hydrogens is 426 g/mol. The standard InChI is InChI=1S/C22H21N7O4/c23-9-13-1-4-17(14-2-3-14)18(7-13)19-10-24-21(33-19)20(30)26-15-8-16(29(11-15)22(31)32)12-28-6-5-25-27-28/h1,4-7,10,14-16H,2-3,8,11-12H2,(H,26,30)(H,31,32)/t15-,16+/m1/s1. The highest BCUT2D eigenvalue weighted by atomic mass is 16.4. The van der Waals surface area contributed by atoms with Gasteiger partial charge in [0.25, 0.3) is 5.89 Å². The molecule has 1 saturated carbocycles. The monoisotopic (exact) mass is 447 g/mol. The van der Waals surface area contributed by atoms with Crippen LogP contribution in [0, 0.1) is 11.3 Å². The van der Waals surface area contributed by atoms with E-state index in [2.05, 4.69) is 26.7 Å². The van der Waals surface area contributed by atoms with E-state index in [1.807, 2.05) is 6.07 Å². The number of amides is 2.